The molecule has 1 atom stereocenters. The number of carbonyl (C=O) groups is 2. The number of amides is 2. The van der Waals surface area contributed by atoms with E-state index in [2.05, 4.69) is 12.1 Å². The van der Waals surface area contributed by atoms with Gasteiger partial charge in [-0.2, -0.15) is 0 Å². The molecule has 0 bridgehead atoms. The number of aryl methyl sites for hydroxylation is 1. The number of nitrogens with zero attached hydrogens (tertiary/aromatic N) is 2. The highest BCUT2D eigenvalue weighted by atomic mass is 16.5. The standard InChI is InChI=1S/C33H40N2O8/c1-38-26-17-23(18-27(39-2)30(26)42-5)32(36)34-15-16-35(25(21-34)14-10-13-22-11-8-7-9-12-22)33(37)24-19-28(40-3)31(43-6)29(20-24)41-4/h7-9,11-12,17-20,25H,10,13-16,21H2,1-6H3. The van der Waals surface area contributed by atoms with E-state index in [1.165, 1.54) is 48.2 Å². The average molecular weight is 593 g/mol. The molecule has 0 radical (unpaired) electrons. The summed E-state index contributed by atoms with van der Waals surface area (Å²) in [5.74, 6) is 2.12. The first-order chi connectivity index (χ1) is 20.9. The quantitative estimate of drug-likeness (QED) is 0.298. The van der Waals surface area contributed by atoms with Crippen LogP contribution in [0.3, 0.4) is 0 Å². The zero-order valence-corrected chi connectivity index (χ0v) is 25.7. The average Bonchev–Trinajstić information content (AvgIpc) is 3.06. The number of methoxy groups -OCH3 is 6. The van der Waals surface area contributed by atoms with E-state index in [4.69, 9.17) is 28.4 Å². The van der Waals surface area contributed by atoms with Crippen LogP contribution < -0.4 is 28.4 Å². The number of hydrogen-bond donors (Lipinski definition) is 0. The van der Waals surface area contributed by atoms with Gasteiger partial charge in [0.15, 0.2) is 23.0 Å². The SMILES string of the molecule is COc1cc(C(=O)N2CCN(C(=O)c3cc(OC)c(OC)c(OC)c3)C(CCCc3ccccc3)C2)cc(OC)c1OC. The van der Waals surface area contributed by atoms with Crippen molar-refractivity contribution in [3.8, 4) is 34.5 Å². The maximum Gasteiger partial charge on any atom is 0.254 e. The van der Waals surface area contributed by atoms with Gasteiger partial charge in [0.1, 0.15) is 0 Å². The van der Waals surface area contributed by atoms with Crippen molar-refractivity contribution in [2.24, 2.45) is 0 Å². The first-order valence-electron chi connectivity index (χ1n) is 14.1. The molecular weight excluding hydrogens is 552 g/mol. The van der Waals surface area contributed by atoms with Gasteiger partial charge in [0.2, 0.25) is 11.5 Å². The molecule has 4 rings (SSSR count). The Balaban J connectivity index is 1.61. The van der Waals surface area contributed by atoms with Crippen LogP contribution in [0.4, 0.5) is 0 Å². The Kier molecular flexibility index (Phi) is 10.6. The van der Waals surface area contributed by atoms with Gasteiger partial charge < -0.3 is 38.2 Å². The fourth-order valence-electron chi connectivity index (χ4n) is 5.50. The minimum absolute atomic E-state index is 0.163. The predicted molar refractivity (Wildman–Crippen MR) is 162 cm³/mol. The van der Waals surface area contributed by atoms with E-state index in [1.54, 1.807) is 29.2 Å². The van der Waals surface area contributed by atoms with Crippen LogP contribution in [0.5, 0.6) is 34.5 Å². The lowest BCUT2D eigenvalue weighted by Gasteiger charge is -2.42. The Hall–Kier alpha value is -4.60. The number of hydrogen-bond acceptors (Lipinski definition) is 8. The Morgan fingerprint density at radius 1 is 0.674 bits per heavy atom. The lowest BCUT2D eigenvalue weighted by atomic mass is 10.00. The van der Waals surface area contributed by atoms with Crippen LogP contribution >= 0.6 is 0 Å². The molecule has 1 unspecified atom stereocenters. The van der Waals surface area contributed by atoms with E-state index in [-0.39, 0.29) is 17.9 Å². The molecule has 230 valence electrons. The fourth-order valence-corrected chi connectivity index (χ4v) is 5.50. The molecule has 0 saturated carbocycles. The van der Waals surface area contributed by atoms with E-state index >= 15 is 0 Å². The van der Waals surface area contributed by atoms with Gasteiger partial charge in [-0.05, 0) is 49.1 Å². The first-order valence-corrected chi connectivity index (χ1v) is 14.1. The highest BCUT2D eigenvalue weighted by molar-refractivity contribution is 5.97. The van der Waals surface area contributed by atoms with Gasteiger partial charge in [0, 0.05) is 36.8 Å². The zero-order chi connectivity index (χ0) is 30.9. The monoisotopic (exact) mass is 592 g/mol. The second-order valence-electron chi connectivity index (χ2n) is 10.1. The number of carbonyl (C=O) groups excluding carboxylic acids is 2. The molecule has 10 heteroatoms. The molecule has 0 aliphatic carbocycles. The highest BCUT2D eigenvalue weighted by Gasteiger charge is 2.34. The van der Waals surface area contributed by atoms with Crippen molar-refractivity contribution >= 4 is 11.8 Å². The van der Waals surface area contributed by atoms with Crippen LogP contribution in [0.2, 0.25) is 0 Å². The third-order valence-corrected chi connectivity index (χ3v) is 7.70. The first kappa shape index (κ1) is 31.3. The van der Waals surface area contributed by atoms with Crippen molar-refractivity contribution in [1.82, 2.24) is 9.80 Å². The maximum atomic E-state index is 14.0. The third kappa shape index (κ3) is 6.90. The minimum atomic E-state index is -0.213. The van der Waals surface area contributed by atoms with Crippen molar-refractivity contribution in [3.05, 3.63) is 71.3 Å². The van der Waals surface area contributed by atoms with Gasteiger partial charge in [-0.25, -0.2) is 0 Å². The molecule has 10 nitrogen and oxygen atoms in total. The minimum Gasteiger partial charge on any atom is -0.493 e. The molecule has 43 heavy (non-hydrogen) atoms. The Bertz CT molecular complexity index is 1360. The molecule has 1 aliphatic rings. The fraction of sp³-hybridized carbons (Fsp3) is 0.394. The van der Waals surface area contributed by atoms with E-state index in [9.17, 15) is 9.59 Å². The molecule has 3 aromatic carbocycles. The molecule has 1 fully saturated rings. The Morgan fingerprint density at radius 2 is 1.16 bits per heavy atom. The lowest BCUT2D eigenvalue weighted by Crippen LogP contribution is -2.56. The summed E-state index contributed by atoms with van der Waals surface area (Å²) < 4.78 is 32.8. The summed E-state index contributed by atoms with van der Waals surface area (Å²) in [7, 11) is 9.11. The number of rotatable bonds is 12. The van der Waals surface area contributed by atoms with Gasteiger partial charge in [0.05, 0.1) is 42.7 Å². The van der Waals surface area contributed by atoms with Crippen molar-refractivity contribution in [3.63, 3.8) is 0 Å². The molecule has 0 aromatic heterocycles. The van der Waals surface area contributed by atoms with Gasteiger partial charge in [0.25, 0.3) is 11.8 Å². The van der Waals surface area contributed by atoms with Crippen LogP contribution in [-0.2, 0) is 6.42 Å². The molecule has 0 spiro atoms. The summed E-state index contributed by atoms with van der Waals surface area (Å²) in [5.41, 5.74) is 2.07. The van der Waals surface area contributed by atoms with Gasteiger partial charge in [-0.15, -0.1) is 0 Å². The summed E-state index contributed by atoms with van der Waals surface area (Å²) in [6, 6.07) is 16.7. The number of benzene rings is 3. The van der Waals surface area contributed by atoms with E-state index in [0.29, 0.717) is 71.7 Å². The van der Waals surface area contributed by atoms with Crippen molar-refractivity contribution in [2.45, 2.75) is 25.3 Å². The molecule has 0 N–H and O–H groups in total. The van der Waals surface area contributed by atoms with E-state index < -0.39 is 0 Å². The third-order valence-electron chi connectivity index (χ3n) is 7.70. The summed E-state index contributed by atoms with van der Waals surface area (Å²) in [6.07, 6.45) is 2.42. The molecule has 1 aliphatic heterocycles. The largest absolute Gasteiger partial charge is 0.493 e. The Morgan fingerprint density at radius 3 is 1.63 bits per heavy atom. The normalized spacial score (nSPS) is 14.6. The predicted octanol–water partition coefficient (Wildman–Crippen LogP) is 4.73. The van der Waals surface area contributed by atoms with Crippen LogP contribution in [0.1, 0.15) is 39.1 Å². The summed E-state index contributed by atoms with van der Waals surface area (Å²) >= 11 is 0. The zero-order valence-electron chi connectivity index (χ0n) is 25.7. The van der Waals surface area contributed by atoms with Crippen molar-refractivity contribution in [1.29, 1.82) is 0 Å². The van der Waals surface area contributed by atoms with Gasteiger partial charge in [-0.1, -0.05) is 30.3 Å². The molecule has 2 amide bonds. The van der Waals surface area contributed by atoms with Crippen molar-refractivity contribution in [2.75, 3.05) is 62.3 Å². The second kappa shape index (κ2) is 14.5. The van der Waals surface area contributed by atoms with E-state index in [1.807, 2.05) is 23.1 Å². The maximum absolute atomic E-state index is 14.0. The lowest BCUT2D eigenvalue weighted by molar-refractivity contribution is 0.0368. The van der Waals surface area contributed by atoms with Crippen molar-refractivity contribution < 1.29 is 38.0 Å². The van der Waals surface area contributed by atoms with Gasteiger partial charge >= 0.3 is 0 Å². The van der Waals surface area contributed by atoms with Crippen LogP contribution in [0.15, 0.2) is 54.6 Å². The van der Waals surface area contributed by atoms with Crippen LogP contribution in [0.25, 0.3) is 0 Å². The molecule has 1 saturated heterocycles. The number of piperazine rings is 1. The van der Waals surface area contributed by atoms with Crippen LogP contribution in [-0.4, -0.2) is 89.9 Å². The molecule has 1 heterocycles. The molecular formula is C33H40N2O8. The summed E-state index contributed by atoms with van der Waals surface area (Å²) in [6.45, 7) is 1.10. The summed E-state index contributed by atoms with van der Waals surface area (Å²) in [5, 5.41) is 0. The van der Waals surface area contributed by atoms with Crippen LogP contribution in [0, 0.1) is 0 Å². The second-order valence-corrected chi connectivity index (χ2v) is 10.1. The summed E-state index contributed by atoms with van der Waals surface area (Å²) in [4.78, 5) is 31.4. The van der Waals surface area contributed by atoms with E-state index in [0.717, 1.165) is 12.8 Å². The topological polar surface area (TPSA) is 96.0 Å². The smallest absolute Gasteiger partial charge is 0.254 e. The van der Waals surface area contributed by atoms with Gasteiger partial charge in [-0.3, -0.25) is 9.59 Å². The number of ether oxygens (including phenoxy) is 6. The molecule has 3 aromatic rings. The Labute approximate surface area is 253 Å². The highest BCUT2D eigenvalue weighted by Crippen LogP contribution is 2.40.